The third-order valence-corrected chi connectivity index (χ3v) is 6.03. The van der Waals surface area contributed by atoms with Crippen LogP contribution in [0, 0.1) is 5.82 Å². The Morgan fingerprint density at radius 1 is 1.06 bits per heavy atom. The summed E-state index contributed by atoms with van der Waals surface area (Å²) >= 11 is 0. The van der Waals surface area contributed by atoms with Crippen LogP contribution in [-0.4, -0.2) is 34.0 Å². The second kappa shape index (κ2) is 9.97. The van der Waals surface area contributed by atoms with Gasteiger partial charge in [0.1, 0.15) is 5.82 Å². The second-order valence-corrected chi connectivity index (χ2v) is 8.56. The molecular weight excluding hydrogens is 431 g/mol. The summed E-state index contributed by atoms with van der Waals surface area (Å²) in [6.45, 7) is 2.50. The SMILES string of the molecule is O=C(Nc1ccccc1)c1cccc(CN2CCCC(c3nc(-c4ccc(F)cc4)no3)C2)c1. The molecule has 4 aromatic rings. The Morgan fingerprint density at radius 3 is 2.71 bits per heavy atom. The lowest BCUT2D eigenvalue weighted by Crippen LogP contribution is -2.34. The molecule has 6 nitrogen and oxygen atoms in total. The van der Waals surface area contributed by atoms with E-state index in [1.807, 2.05) is 54.6 Å². The van der Waals surface area contributed by atoms with E-state index in [0.717, 1.165) is 49.3 Å². The first kappa shape index (κ1) is 22.0. The van der Waals surface area contributed by atoms with Gasteiger partial charge in [0, 0.05) is 29.9 Å². The number of amides is 1. The van der Waals surface area contributed by atoms with Gasteiger partial charge in [0.15, 0.2) is 0 Å². The zero-order chi connectivity index (χ0) is 23.3. The summed E-state index contributed by atoms with van der Waals surface area (Å²) in [5.74, 6) is 0.810. The number of hydrogen-bond acceptors (Lipinski definition) is 5. The number of halogens is 1. The molecule has 0 spiro atoms. The van der Waals surface area contributed by atoms with Crippen molar-refractivity contribution in [1.82, 2.24) is 15.0 Å². The topological polar surface area (TPSA) is 71.3 Å². The van der Waals surface area contributed by atoms with Crippen LogP contribution >= 0.6 is 0 Å². The van der Waals surface area contributed by atoms with Gasteiger partial charge < -0.3 is 9.84 Å². The number of carbonyl (C=O) groups excluding carboxylic acids is 1. The minimum absolute atomic E-state index is 0.122. The van der Waals surface area contributed by atoms with Crippen LogP contribution in [0.2, 0.25) is 0 Å². The third-order valence-electron chi connectivity index (χ3n) is 6.03. The Bertz CT molecular complexity index is 1260. The molecule has 1 fully saturated rings. The van der Waals surface area contributed by atoms with Gasteiger partial charge in [-0.05, 0) is 73.5 Å². The third kappa shape index (κ3) is 5.21. The van der Waals surface area contributed by atoms with Crippen molar-refractivity contribution < 1.29 is 13.7 Å². The van der Waals surface area contributed by atoms with Crippen LogP contribution < -0.4 is 5.32 Å². The average Bonchev–Trinajstić information content (AvgIpc) is 3.36. The number of rotatable bonds is 6. The summed E-state index contributed by atoms with van der Waals surface area (Å²) < 4.78 is 18.8. The van der Waals surface area contributed by atoms with Crippen molar-refractivity contribution in [2.45, 2.75) is 25.3 Å². The molecule has 1 aromatic heterocycles. The van der Waals surface area contributed by atoms with Crippen LogP contribution in [0.15, 0.2) is 83.4 Å². The Labute approximate surface area is 197 Å². The van der Waals surface area contributed by atoms with Crippen LogP contribution in [0.1, 0.15) is 40.6 Å². The highest BCUT2D eigenvalue weighted by Crippen LogP contribution is 2.28. The molecule has 1 amide bonds. The first-order valence-corrected chi connectivity index (χ1v) is 11.4. The molecule has 1 aliphatic rings. The molecule has 1 saturated heterocycles. The predicted molar refractivity (Wildman–Crippen MR) is 128 cm³/mol. The zero-order valence-electron chi connectivity index (χ0n) is 18.7. The van der Waals surface area contributed by atoms with Gasteiger partial charge in [0.25, 0.3) is 5.91 Å². The van der Waals surface area contributed by atoms with Gasteiger partial charge in [-0.3, -0.25) is 9.69 Å². The maximum absolute atomic E-state index is 13.2. The molecule has 1 N–H and O–H groups in total. The van der Waals surface area contributed by atoms with E-state index in [-0.39, 0.29) is 17.6 Å². The highest BCUT2D eigenvalue weighted by Gasteiger charge is 2.26. The molecule has 34 heavy (non-hydrogen) atoms. The first-order valence-electron chi connectivity index (χ1n) is 11.4. The minimum atomic E-state index is -0.294. The second-order valence-electron chi connectivity index (χ2n) is 8.56. The largest absolute Gasteiger partial charge is 0.339 e. The van der Waals surface area contributed by atoms with E-state index in [1.54, 1.807) is 12.1 Å². The van der Waals surface area contributed by atoms with Crippen molar-refractivity contribution in [2.75, 3.05) is 18.4 Å². The fourth-order valence-corrected chi connectivity index (χ4v) is 4.31. The van der Waals surface area contributed by atoms with Gasteiger partial charge >= 0.3 is 0 Å². The van der Waals surface area contributed by atoms with Crippen LogP contribution in [0.4, 0.5) is 10.1 Å². The summed E-state index contributed by atoms with van der Waals surface area (Å²) in [6, 6.07) is 23.3. The summed E-state index contributed by atoms with van der Waals surface area (Å²) in [4.78, 5) is 19.6. The highest BCUT2D eigenvalue weighted by atomic mass is 19.1. The Hall–Kier alpha value is -3.84. The number of piperidine rings is 1. The average molecular weight is 457 g/mol. The number of benzene rings is 3. The van der Waals surface area contributed by atoms with E-state index in [1.165, 1.54) is 12.1 Å². The van der Waals surface area contributed by atoms with Crippen LogP contribution in [-0.2, 0) is 6.54 Å². The molecule has 1 atom stereocenters. The van der Waals surface area contributed by atoms with Crippen LogP contribution in [0.25, 0.3) is 11.4 Å². The number of aromatic nitrogens is 2. The summed E-state index contributed by atoms with van der Waals surface area (Å²) in [5, 5.41) is 7.03. The van der Waals surface area contributed by atoms with E-state index < -0.39 is 0 Å². The number of likely N-dealkylation sites (tertiary alicyclic amines) is 1. The van der Waals surface area contributed by atoms with Gasteiger partial charge in [-0.2, -0.15) is 4.98 Å². The summed E-state index contributed by atoms with van der Waals surface area (Å²) in [7, 11) is 0. The lowest BCUT2D eigenvalue weighted by molar-refractivity contribution is 0.102. The molecule has 0 bridgehead atoms. The van der Waals surface area contributed by atoms with Crippen molar-refractivity contribution in [3.05, 3.63) is 102 Å². The van der Waals surface area contributed by atoms with Gasteiger partial charge in [-0.25, -0.2) is 4.39 Å². The molecule has 1 aliphatic heterocycles. The van der Waals surface area contributed by atoms with E-state index in [4.69, 9.17) is 4.52 Å². The zero-order valence-corrected chi connectivity index (χ0v) is 18.7. The van der Waals surface area contributed by atoms with Crippen molar-refractivity contribution >= 4 is 11.6 Å². The molecule has 172 valence electrons. The summed E-state index contributed by atoms with van der Waals surface area (Å²) in [5.41, 5.74) is 3.22. The lowest BCUT2D eigenvalue weighted by Gasteiger charge is -2.31. The fraction of sp³-hybridized carbons (Fsp3) is 0.222. The van der Waals surface area contributed by atoms with E-state index >= 15 is 0 Å². The smallest absolute Gasteiger partial charge is 0.255 e. The normalized spacial score (nSPS) is 16.3. The molecule has 0 saturated carbocycles. The van der Waals surface area contributed by atoms with E-state index in [2.05, 4.69) is 20.4 Å². The molecule has 3 aromatic carbocycles. The molecular formula is C27H25FN4O2. The van der Waals surface area contributed by atoms with Gasteiger partial charge in [-0.15, -0.1) is 0 Å². The van der Waals surface area contributed by atoms with Crippen LogP contribution in [0.5, 0.6) is 0 Å². The Balaban J connectivity index is 1.23. The van der Waals surface area contributed by atoms with E-state index in [9.17, 15) is 9.18 Å². The quantitative estimate of drug-likeness (QED) is 0.414. The standard InChI is InChI=1S/C27H25FN4O2/c28-23-13-11-20(12-14-23)25-30-27(34-31-25)22-8-5-15-32(18-22)17-19-6-4-7-21(16-19)26(33)29-24-9-2-1-3-10-24/h1-4,6-7,9-14,16,22H,5,8,15,17-18H2,(H,29,33). The highest BCUT2D eigenvalue weighted by molar-refractivity contribution is 6.04. The molecule has 5 rings (SSSR count). The molecule has 0 aliphatic carbocycles. The summed E-state index contributed by atoms with van der Waals surface area (Å²) in [6.07, 6.45) is 1.99. The molecule has 1 unspecified atom stereocenters. The van der Waals surface area contributed by atoms with Crippen LogP contribution in [0.3, 0.4) is 0 Å². The number of anilines is 1. The fourth-order valence-electron chi connectivity index (χ4n) is 4.31. The van der Waals surface area contributed by atoms with Gasteiger partial charge in [0.05, 0.1) is 5.92 Å². The lowest BCUT2D eigenvalue weighted by atomic mass is 9.97. The molecule has 2 heterocycles. The van der Waals surface area contributed by atoms with Gasteiger partial charge in [0.2, 0.25) is 11.7 Å². The Morgan fingerprint density at radius 2 is 1.88 bits per heavy atom. The molecule has 0 radical (unpaired) electrons. The minimum Gasteiger partial charge on any atom is -0.339 e. The molecule has 7 heteroatoms. The van der Waals surface area contributed by atoms with Crippen molar-refractivity contribution in [3.63, 3.8) is 0 Å². The first-order chi connectivity index (χ1) is 16.6. The van der Waals surface area contributed by atoms with Crippen molar-refractivity contribution in [3.8, 4) is 11.4 Å². The number of para-hydroxylation sites is 1. The Kier molecular flexibility index (Phi) is 6.44. The van der Waals surface area contributed by atoms with Gasteiger partial charge in [-0.1, -0.05) is 35.5 Å². The van der Waals surface area contributed by atoms with Crippen molar-refractivity contribution in [1.29, 1.82) is 0 Å². The number of hydrogen-bond donors (Lipinski definition) is 1. The number of nitrogens with one attached hydrogen (secondary N) is 1. The maximum Gasteiger partial charge on any atom is 0.255 e. The van der Waals surface area contributed by atoms with E-state index in [0.29, 0.717) is 17.3 Å². The monoisotopic (exact) mass is 456 g/mol. The predicted octanol–water partition coefficient (Wildman–Crippen LogP) is 5.51. The maximum atomic E-state index is 13.2. The number of nitrogens with zero attached hydrogens (tertiary/aromatic N) is 3. The van der Waals surface area contributed by atoms with Crippen molar-refractivity contribution in [2.24, 2.45) is 0 Å². The number of carbonyl (C=O) groups is 1.